The molecule has 1 aliphatic heterocycles. The fourth-order valence-electron chi connectivity index (χ4n) is 3.03. The largest absolute Gasteiger partial charge is 0.357 e. The molecule has 150 valence electrons. The molecule has 0 aliphatic carbocycles. The van der Waals surface area contributed by atoms with Crippen LogP contribution < -0.4 is 10.6 Å². The number of aliphatic imine (C=N–C) groups is 1. The van der Waals surface area contributed by atoms with E-state index >= 15 is 0 Å². The minimum Gasteiger partial charge on any atom is -0.357 e. The van der Waals surface area contributed by atoms with Gasteiger partial charge >= 0.3 is 0 Å². The zero-order valence-corrected chi connectivity index (χ0v) is 17.0. The van der Waals surface area contributed by atoms with Crippen LogP contribution in [0.2, 0.25) is 0 Å². The van der Waals surface area contributed by atoms with Gasteiger partial charge in [0.1, 0.15) is 0 Å². The minimum atomic E-state index is -3.37. The van der Waals surface area contributed by atoms with E-state index in [9.17, 15) is 8.42 Å². The first-order valence-corrected chi connectivity index (χ1v) is 11.0. The molecule has 1 aromatic heterocycles. The lowest BCUT2D eigenvalue weighted by Gasteiger charge is -2.15. The van der Waals surface area contributed by atoms with Crippen LogP contribution in [0, 0.1) is 0 Å². The predicted molar refractivity (Wildman–Crippen MR) is 110 cm³/mol. The molecular weight excluding hydrogens is 374 g/mol. The zero-order chi connectivity index (χ0) is 19.8. The van der Waals surface area contributed by atoms with Gasteiger partial charge in [0.2, 0.25) is 10.0 Å². The molecule has 0 atom stereocenters. The van der Waals surface area contributed by atoms with E-state index in [1.54, 1.807) is 22.6 Å². The van der Waals surface area contributed by atoms with Crippen molar-refractivity contribution in [2.24, 2.45) is 4.99 Å². The quantitative estimate of drug-likeness (QED) is 0.548. The van der Waals surface area contributed by atoms with E-state index in [1.807, 2.05) is 37.3 Å². The molecule has 2 N–H and O–H groups in total. The lowest BCUT2D eigenvalue weighted by molar-refractivity contribution is 0.477. The monoisotopic (exact) mass is 401 g/mol. The summed E-state index contributed by atoms with van der Waals surface area (Å²) in [5, 5.41) is 6.46. The smallest absolute Gasteiger partial charge is 0.243 e. The fourth-order valence-corrected chi connectivity index (χ4v) is 4.55. The van der Waals surface area contributed by atoms with E-state index in [1.165, 1.54) is 0 Å². The molecule has 0 bridgehead atoms. The SMILES string of the molecule is CCNC(=NCc1ccc(S(=O)(=O)N2CCCC2)cc1)NCc1ccccn1. The number of aromatic nitrogens is 1. The Morgan fingerprint density at radius 3 is 2.50 bits per heavy atom. The molecule has 0 unspecified atom stereocenters. The van der Waals surface area contributed by atoms with Crippen molar-refractivity contribution >= 4 is 16.0 Å². The van der Waals surface area contributed by atoms with Crippen LogP contribution in [-0.2, 0) is 23.1 Å². The highest BCUT2D eigenvalue weighted by atomic mass is 32.2. The molecule has 0 amide bonds. The Labute approximate surface area is 167 Å². The number of hydrogen-bond acceptors (Lipinski definition) is 4. The van der Waals surface area contributed by atoms with E-state index in [4.69, 9.17) is 0 Å². The number of benzene rings is 1. The maximum atomic E-state index is 12.6. The van der Waals surface area contributed by atoms with E-state index in [0.717, 1.165) is 30.6 Å². The van der Waals surface area contributed by atoms with E-state index in [2.05, 4.69) is 20.6 Å². The maximum Gasteiger partial charge on any atom is 0.243 e. The third kappa shape index (κ3) is 5.30. The van der Waals surface area contributed by atoms with Gasteiger partial charge in [-0.05, 0) is 49.6 Å². The number of nitrogens with one attached hydrogen (secondary N) is 2. The van der Waals surface area contributed by atoms with Gasteiger partial charge in [-0.1, -0.05) is 18.2 Å². The highest BCUT2D eigenvalue weighted by molar-refractivity contribution is 7.89. The van der Waals surface area contributed by atoms with Crippen LogP contribution in [-0.4, -0.2) is 43.3 Å². The Kier molecular flexibility index (Phi) is 7.00. The molecule has 28 heavy (non-hydrogen) atoms. The van der Waals surface area contributed by atoms with Gasteiger partial charge in [0.25, 0.3) is 0 Å². The summed E-state index contributed by atoms with van der Waals surface area (Å²) in [6, 6.07) is 12.8. The lowest BCUT2D eigenvalue weighted by atomic mass is 10.2. The third-order valence-corrected chi connectivity index (χ3v) is 6.47. The Morgan fingerprint density at radius 2 is 1.86 bits per heavy atom. The van der Waals surface area contributed by atoms with Gasteiger partial charge in [0.05, 0.1) is 23.7 Å². The summed E-state index contributed by atoms with van der Waals surface area (Å²) in [6.07, 6.45) is 3.63. The molecule has 1 aliphatic rings. The maximum absolute atomic E-state index is 12.6. The van der Waals surface area contributed by atoms with Crippen molar-refractivity contribution in [2.45, 2.75) is 37.8 Å². The van der Waals surface area contributed by atoms with Crippen LogP contribution >= 0.6 is 0 Å². The van der Waals surface area contributed by atoms with Crippen LogP contribution in [0.25, 0.3) is 0 Å². The molecule has 0 spiro atoms. The molecule has 1 saturated heterocycles. The first-order valence-electron chi connectivity index (χ1n) is 9.61. The standard InChI is InChI=1S/C20H27N5O2S/c1-2-21-20(24-16-18-7-3-4-12-22-18)23-15-17-8-10-19(11-9-17)28(26,27)25-13-5-6-14-25/h3-4,7-12H,2,5-6,13-16H2,1H3,(H2,21,23,24). The van der Waals surface area contributed by atoms with Crippen LogP contribution in [0.4, 0.5) is 0 Å². The second-order valence-electron chi connectivity index (χ2n) is 6.62. The first-order chi connectivity index (χ1) is 13.6. The van der Waals surface area contributed by atoms with Crippen molar-refractivity contribution in [1.29, 1.82) is 0 Å². The average molecular weight is 402 g/mol. The highest BCUT2D eigenvalue weighted by Gasteiger charge is 2.26. The lowest BCUT2D eigenvalue weighted by Crippen LogP contribution is -2.37. The molecule has 1 aromatic carbocycles. The van der Waals surface area contributed by atoms with Crippen molar-refractivity contribution in [3.8, 4) is 0 Å². The molecule has 3 rings (SSSR count). The fraction of sp³-hybridized carbons (Fsp3) is 0.400. The number of hydrogen-bond donors (Lipinski definition) is 2. The molecule has 2 aromatic rings. The molecule has 8 heteroatoms. The zero-order valence-electron chi connectivity index (χ0n) is 16.1. The van der Waals surface area contributed by atoms with Crippen molar-refractivity contribution in [2.75, 3.05) is 19.6 Å². The summed E-state index contributed by atoms with van der Waals surface area (Å²) in [5.41, 5.74) is 1.89. The Balaban J connectivity index is 1.62. The minimum absolute atomic E-state index is 0.349. The van der Waals surface area contributed by atoms with Gasteiger partial charge in [0, 0.05) is 25.8 Å². The summed E-state index contributed by atoms with van der Waals surface area (Å²) in [6.45, 7) is 5.03. The number of rotatable bonds is 7. The Hall–Kier alpha value is -2.45. The van der Waals surface area contributed by atoms with Crippen LogP contribution in [0.1, 0.15) is 31.0 Å². The van der Waals surface area contributed by atoms with Crippen molar-refractivity contribution < 1.29 is 8.42 Å². The number of guanidine groups is 1. The molecule has 2 heterocycles. The van der Waals surface area contributed by atoms with Crippen molar-refractivity contribution in [1.82, 2.24) is 19.9 Å². The van der Waals surface area contributed by atoms with Gasteiger partial charge < -0.3 is 10.6 Å². The van der Waals surface area contributed by atoms with Gasteiger partial charge in [-0.2, -0.15) is 4.31 Å². The van der Waals surface area contributed by atoms with Crippen LogP contribution in [0.3, 0.4) is 0 Å². The van der Waals surface area contributed by atoms with Gasteiger partial charge in [-0.15, -0.1) is 0 Å². The summed E-state index contributed by atoms with van der Waals surface area (Å²) in [5.74, 6) is 0.696. The van der Waals surface area contributed by atoms with Gasteiger partial charge in [0.15, 0.2) is 5.96 Å². The van der Waals surface area contributed by atoms with Crippen molar-refractivity contribution in [3.63, 3.8) is 0 Å². The van der Waals surface area contributed by atoms with Crippen LogP contribution in [0.15, 0.2) is 58.5 Å². The van der Waals surface area contributed by atoms with E-state index in [0.29, 0.717) is 37.0 Å². The molecule has 7 nitrogen and oxygen atoms in total. The van der Waals surface area contributed by atoms with E-state index < -0.39 is 10.0 Å². The Bertz CT molecular complexity index is 877. The third-order valence-electron chi connectivity index (χ3n) is 4.55. The molecular formula is C20H27N5O2S. The summed E-state index contributed by atoms with van der Waals surface area (Å²) >= 11 is 0. The number of pyridine rings is 1. The molecule has 0 radical (unpaired) electrons. The topological polar surface area (TPSA) is 86.7 Å². The first kappa shape index (κ1) is 20.3. The summed E-state index contributed by atoms with van der Waals surface area (Å²) in [4.78, 5) is 9.21. The second-order valence-corrected chi connectivity index (χ2v) is 8.56. The molecule has 0 saturated carbocycles. The number of sulfonamides is 1. The Morgan fingerprint density at radius 1 is 1.11 bits per heavy atom. The number of nitrogens with zero attached hydrogens (tertiary/aromatic N) is 3. The normalized spacial score (nSPS) is 15.5. The van der Waals surface area contributed by atoms with Crippen molar-refractivity contribution in [3.05, 3.63) is 59.9 Å². The summed E-state index contributed by atoms with van der Waals surface area (Å²) in [7, 11) is -3.37. The van der Waals surface area contributed by atoms with E-state index in [-0.39, 0.29) is 0 Å². The highest BCUT2D eigenvalue weighted by Crippen LogP contribution is 2.21. The average Bonchev–Trinajstić information content (AvgIpc) is 3.27. The predicted octanol–water partition coefficient (Wildman–Crippen LogP) is 2.12. The van der Waals surface area contributed by atoms with Gasteiger partial charge in [-0.3, -0.25) is 4.98 Å². The molecule has 1 fully saturated rings. The van der Waals surface area contributed by atoms with Crippen LogP contribution in [0.5, 0.6) is 0 Å². The summed E-state index contributed by atoms with van der Waals surface area (Å²) < 4.78 is 26.7. The van der Waals surface area contributed by atoms with Gasteiger partial charge in [-0.25, -0.2) is 13.4 Å². The second kappa shape index (κ2) is 9.66.